The number of alkyl carbamates (subject to hydrolysis) is 1. The third kappa shape index (κ3) is 5.64. The molecule has 1 amide bonds. The highest BCUT2D eigenvalue weighted by Gasteiger charge is 2.67. The Hall–Kier alpha value is -1.94. The largest absolute Gasteiger partial charge is 0.446 e. The highest BCUT2D eigenvalue weighted by Crippen LogP contribution is 2.70. The molecule has 1 aromatic heterocycles. The second kappa shape index (κ2) is 12.7. The van der Waals surface area contributed by atoms with Gasteiger partial charge in [-0.05, 0) is 124 Å². The van der Waals surface area contributed by atoms with Crippen molar-refractivity contribution < 1.29 is 29.3 Å². The molecule has 0 bridgehead atoms. The number of carbonyl (C=O) groups excluding carboxylic acids is 1. The number of hydrogen-bond donors (Lipinski definition) is 4. The molecule has 0 radical (unpaired) electrons. The molecular formula is C35H54N2O7. The zero-order chi connectivity index (χ0) is 31.1. The van der Waals surface area contributed by atoms with Gasteiger partial charge < -0.3 is 29.8 Å². The fourth-order valence-corrected chi connectivity index (χ4v) is 11.1. The lowest BCUT2D eigenvalue weighted by Crippen LogP contribution is -2.62. The van der Waals surface area contributed by atoms with Crippen LogP contribution in [0.15, 0.2) is 27.6 Å². The molecule has 4 N–H and O–H groups in total. The first-order valence-corrected chi connectivity index (χ1v) is 17.4. The molecule has 1 aromatic rings. The van der Waals surface area contributed by atoms with Crippen molar-refractivity contribution >= 4 is 6.09 Å². The van der Waals surface area contributed by atoms with E-state index in [1.807, 2.05) is 6.07 Å². The first-order chi connectivity index (χ1) is 21.1. The van der Waals surface area contributed by atoms with Crippen LogP contribution >= 0.6 is 0 Å². The number of aliphatic hydroxyl groups excluding tert-OH is 2. The molecule has 5 aliphatic rings. The van der Waals surface area contributed by atoms with Crippen LogP contribution in [0.5, 0.6) is 0 Å². The maximum Gasteiger partial charge on any atom is 0.407 e. The van der Waals surface area contributed by atoms with Gasteiger partial charge in [0, 0.05) is 36.7 Å². The number of carbonyl (C=O) groups is 1. The van der Waals surface area contributed by atoms with Crippen LogP contribution in [0.25, 0.3) is 0 Å². The number of nitrogens with zero attached hydrogens (tertiary/aromatic N) is 1. The van der Waals surface area contributed by atoms with Crippen LogP contribution < -0.4 is 10.9 Å². The average molecular weight is 615 g/mol. The zero-order valence-corrected chi connectivity index (χ0v) is 26.7. The number of ether oxygens (including phenoxy) is 1. The lowest BCUT2D eigenvalue weighted by atomic mass is 9.43. The normalized spacial score (nSPS) is 41.8. The fourth-order valence-electron chi connectivity index (χ4n) is 11.1. The standard InChI is InChI=1S/C35H54N2O7/c1-33-14-11-27(44-32(41)36-25-5-7-26(8-6-25)37(17-19-38)18-20-39)21-24(33)4-9-30-29(33)12-15-34(2)28(13-16-35(30,34)42)23-3-10-31(40)43-22-23/h3,10,22,24-30,38-39,42H,4-9,11-21H2,1-2H3,(H,36,41)/t24-,25?,26?,27+,28-,29+,30-,33+,34-,35+/m1/s1. The molecule has 9 nitrogen and oxygen atoms in total. The van der Waals surface area contributed by atoms with Crippen molar-refractivity contribution in [3.05, 3.63) is 34.4 Å². The van der Waals surface area contributed by atoms with Crippen molar-refractivity contribution in [3.63, 3.8) is 0 Å². The zero-order valence-electron chi connectivity index (χ0n) is 26.7. The molecule has 246 valence electrons. The summed E-state index contributed by atoms with van der Waals surface area (Å²) in [5, 5.41) is 34.3. The number of hydrogen-bond acceptors (Lipinski definition) is 8. The molecule has 5 saturated carbocycles. The summed E-state index contributed by atoms with van der Waals surface area (Å²) in [5.74, 6) is 1.42. The van der Waals surface area contributed by atoms with Crippen LogP contribution in [0.3, 0.4) is 0 Å². The molecule has 5 aliphatic carbocycles. The quantitative estimate of drug-likeness (QED) is 0.335. The number of aliphatic hydroxyl groups is 3. The van der Waals surface area contributed by atoms with Gasteiger partial charge in [-0.15, -0.1) is 0 Å². The van der Waals surface area contributed by atoms with E-state index in [-0.39, 0.29) is 59.7 Å². The van der Waals surface area contributed by atoms with E-state index < -0.39 is 5.60 Å². The molecule has 0 unspecified atom stereocenters. The first kappa shape index (κ1) is 32.0. The van der Waals surface area contributed by atoms with Gasteiger partial charge in [-0.2, -0.15) is 0 Å². The van der Waals surface area contributed by atoms with E-state index in [9.17, 15) is 24.9 Å². The molecular weight excluding hydrogens is 560 g/mol. The van der Waals surface area contributed by atoms with Gasteiger partial charge in [0.25, 0.3) is 0 Å². The molecule has 1 heterocycles. The van der Waals surface area contributed by atoms with Crippen LogP contribution in [-0.4, -0.2) is 76.4 Å². The topological polar surface area (TPSA) is 132 Å². The first-order valence-electron chi connectivity index (χ1n) is 17.4. The van der Waals surface area contributed by atoms with Gasteiger partial charge in [0.15, 0.2) is 0 Å². The summed E-state index contributed by atoms with van der Waals surface area (Å²) >= 11 is 0. The van der Waals surface area contributed by atoms with E-state index in [2.05, 4.69) is 24.1 Å². The van der Waals surface area contributed by atoms with Gasteiger partial charge in [0.05, 0.1) is 25.1 Å². The van der Waals surface area contributed by atoms with E-state index in [0.29, 0.717) is 31.0 Å². The highest BCUT2D eigenvalue weighted by molar-refractivity contribution is 5.67. The lowest BCUT2D eigenvalue weighted by molar-refractivity contribution is -0.205. The van der Waals surface area contributed by atoms with Crippen LogP contribution in [0, 0.1) is 28.6 Å². The van der Waals surface area contributed by atoms with E-state index in [0.717, 1.165) is 89.0 Å². The smallest absolute Gasteiger partial charge is 0.407 e. The molecule has 0 aliphatic heterocycles. The fraction of sp³-hybridized carbons (Fsp3) is 0.829. The number of rotatable bonds is 8. The predicted octanol–water partition coefficient (Wildman–Crippen LogP) is 4.57. The monoisotopic (exact) mass is 614 g/mol. The van der Waals surface area contributed by atoms with Crippen molar-refractivity contribution in [3.8, 4) is 0 Å². The molecule has 0 aromatic carbocycles. The van der Waals surface area contributed by atoms with Gasteiger partial charge in [-0.25, -0.2) is 9.59 Å². The van der Waals surface area contributed by atoms with Crippen LogP contribution in [-0.2, 0) is 4.74 Å². The number of nitrogens with one attached hydrogen (secondary N) is 1. The summed E-state index contributed by atoms with van der Waals surface area (Å²) < 4.78 is 11.3. The van der Waals surface area contributed by atoms with Crippen molar-refractivity contribution in [2.24, 2.45) is 28.6 Å². The van der Waals surface area contributed by atoms with Gasteiger partial charge in [0.1, 0.15) is 6.10 Å². The van der Waals surface area contributed by atoms with Crippen molar-refractivity contribution in [2.75, 3.05) is 26.3 Å². The van der Waals surface area contributed by atoms with Crippen LogP contribution in [0.2, 0.25) is 0 Å². The van der Waals surface area contributed by atoms with Crippen LogP contribution in [0.1, 0.15) is 109 Å². The summed E-state index contributed by atoms with van der Waals surface area (Å²) in [5.41, 5.74) is -0.102. The predicted molar refractivity (Wildman–Crippen MR) is 166 cm³/mol. The maximum absolute atomic E-state index is 13.0. The Morgan fingerprint density at radius 1 is 0.955 bits per heavy atom. The van der Waals surface area contributed by atoms with Gasteiger partial charge in [-0.1, -0.05) is 13.8 Å². The van der Waals surface area contributed by atoms with Crippen molar-refractivity contribution in [2.45, 2.75) is 127 Å². The SMILES string of the molecule is C[C@]12CC[C@H](OC(=O)NC3CCC(N(CCO)CCO)CC3)C[C@H]1CC[C@@H]1[C@@H]2CC[C@]2(C)[C@@H](c3ccc(=O)oc3)CC[C@]12O. The minimum Gasteiger partial charge on any atom is -0.446 e. The second-order valence-electron chi connectivity index (χ2n) is 15.3. The molecule has 5 fully saturated rings. The molecule has 6 rings (SSSR count). The van der Waals surface area contributed by atoms with E-state index >= 15 is 0 Å². The lowest BCUT2D eigenvalue weighted by Gasteiger charge is -2.63. The molecule has 44 heavy (non-hydrogen) atoms. The molecule has 0 saturated heterocycles. The molecule has 0 spiro atoms. The summed E-state index contributed by atoms with van der Waals surface area (Å²) in [7, 11) is 0. The minimum atomic E-state index is -0.718. The molecule has 9 heteroatoms. The average Bonchev–Trinajstić information content (AvgIpc) is 3.29. The summed E-state index contributed by atoms with van der Waals surface area (Å²) in [6.45, 7) is 6.04. The van der Waals surface area contributed by atoms with Gasteiger partial charge in [-0.3, -0.25) is 4.90 Å². The summed E-state index contributed by atoms with van der Waals surface area (Å²) in [6, 6.07) is 3.84. The van der Waals surface area contributed by atoms with Crippen LogP contribution in [0.4, 0.5) is 4.79 Å². The number of amides is 1. The van der Waals surface area contributed by atoms with Gasteiger partial charge in [0.2, 0.25) is 0 Å². The third-order valence-corrected chi connectivity index (χ3v) is 13.5. The van der Waals surface area contributed by atoms with E-state index in [4.69, 9.17) is 9.15 Å². The maximum atomic E-state index is 13.0. The molecule has 8 atom stereocenters. The Bertz CT molecular complexity index is 1190. The second-order valence-corrected chi connectivity index (χ2v) is 15.3. The minimum absolute atomic E-state index is 0.0638. The van der Waals surface area contributed by atoms with Gasteiger partial charge >= 0.3 is 11.7 Å². The highest BCUT2D eigenvalue weighted by atomic mass is 16.6. The van der Waals surface area contributed by atoms with Crippen molar-refractivity contribution in [1.29, 1.82) is 0 Å². The Kier molecular flexibility index (Phi) is 9.23. The van der Waals surface area contributed by atoms with E-state index in [1.54, 1.807) is 6.26 Å². The summed E-state index contributed by atoms with van der Waals surface area (Å²) in [4.78, 5) is 26.7. The Morgan fingerprint density at radius 3 is 2.39 bits per heavy atom. The number of fused-ring (bicyclic) bond motifs is 5. The van der Waals surface area contributed by atoms with E-state index in [1.165, 1.54) is 6.07 Å². The Morgan fingerprint density at radius 2 is 1.70 bits per heavy atom. The Labute approximate surface area is 261 Å². The summed E-state index contributed by atoms with van der Waals surface area (Å²) in [6.07, 6.45) is 13.5. The Balaban J connectivity index is 1.03. The van der Waals surface area contributed by atoms with Crippen molar-refractivity contribution in [1.82, 2.24) is 10.2 Å². The third-order valence-electron chi connectivity index (χ3n) is 13.5.